The maximum Gasteiger partial charge on any atom is 0.264 e. The lowest BCUT2D eigenvalue weighted by atomic mass is 10.3. The third kappa shape index (κ3) is 10.1. The van der Waals surface area contributed by atoms with Crippen LogP contribution in [-0.4, -0.2) is 59.7 Å². The largest absolute Gasteiger partial charge is 0.286 e. The number of hydrogen-bond donors (Lipinski definition) is 2. The minimum absolute atomic E-state index is 0.286. The highest BCUT2D eigenvalue weighted by atomic mass is 32.2. The molecule has 2 N–H and O–H groups in total. The summed E-state index contributed by atoms with van der Waals surface area (Å²) in [5, 5.41) is 4.75. The second kappa shape index (κ2) is 17.2. The Morgan fingerprint density at radius 2 is 0.720 bits per heavy atom. The molecule has 0 spiro atoms. The predicted octanol–water partition coefficient (Wildman–Crippen LogP) is 6.15. The highest BCUT2D eigenvalue weighted by molar-refractivity contribution is 7.89. The van der Waals surface area contributed by atoms with E-state index in [2.05, 4.69) is 48.5 Å². The molecule has 0 atom stereocenters. The van der Waals surface area contributed by atoms with Gasteiger partial charge in [0.05, 0.1) is 59.6 Å². The van der Waals surface area contributed by atoms with Crippen molar-refractivity contribution in [3.8, 4) is 0 Å². The van der Waals surface area contributed by atoms with Crippen molar-refractivity contribution in [2.24, 2.45) is 0 Å². The molecule has 5 rings (SSSR count). The van der Waals surface area contributed by atoms with Crippen molar-refractivity contribution in [1.82, 2.24) is 9.97 Å². The van der Waals surface area contributed by atoms with Crippen LogP contribution in [0, 0.1) is 0 Å². The van der Waals surface area contributed by atoms with Gasteiger partial charge in [-0.25, -0.2) is 0 Å². The molecule has 0 aliphatic rings. The quantitative estimate of drug-likeness (QED) is 0.0619. The minimum atomic E-state index is -4.08. The molecular formula is C38H44N2O6P2S2+2. The van der Waals surface area contributed by atoms with Crippen molar-refractivity contribution in [3.05, 3.63) is 145 Å². The monoisotopic (exact) mass is 750 g/mol. The molecule has 8 nitrogen and oxygen atoms in total. The van der Waals surface area contributed by atoms with Gasteiger partial charge < -0.3 is 0 Å². The third-order valence-corrected chi connectivity index (χ3v) is 19.7. The topological polar surface area (TPSA) is 135 Å². The summed E-state index contributed by atoms with van der Waals surface area (Å²) in [7, 11) is -12.7. The zero-order valence-electron chi connectivity index (χ0n) is 27.9. The molecule has 0 saturated heterocycles. The molecule has 262 valence electrons. The summed E-state index contributed by atoms with van der Waals surface area (Å²) in [6, 6.07) is 41.5. The normalized spacial score (nSPS) is 12.5. The van der Waals surface area contributed by atoms with Gasteiger partial charge in [-0.1, -0.05) is 72.8 Å². The smallest absolute Gasteiger partial charge is 0.264 e. The number of nitrogens with zero attached hydrogens (tertiary/aromatic N) is 2. The van der Waals surface area contributed by atoms with Crippen molar-refractivity contribution in [2.75, 3.05) is 23.8 Å². The zero-order chi connectivity index (χ0) is 35.5. The van der Waals surface area contributed by atoms with Crippen LogP contribution in [0.1, 0.15) is 37.1 Å². The summed E-state index contributed by atoms with van der Waals surface area (Å²) >= 11 is 0. The number of benzene rings is 4. The summed E-state index contributed by atoms with van der Waals surface area (Å²) in [6.07, 6.45) is 8.03. The van der Waals surface area contributed by atoms with E-state index in [4.69, 9.17) is 9.97 Å². The first-order valence-electron chi connectivity index (χ1n) is 16.7. The molecule has 1 aromatic heterocycles. The van der Waals surface area contributed by atoms with Gasteiger partial charge in [0.1, 0.15) is 23.7 Å². The van der Waals surface area contributed by atoms with Crippen molar-refractivity contribution in [3.63, 3.8) is 0 Å². The van der Waals surface area contributed by atoms with E-state index >= 15 is 0 Å². The lowest BCUT2D eigenvalue weighted by molar-refractivity contribution is 0.478. The van der Waals surface area contributed by atoms with Crippen LogP contribution in [0.25, 0.3) is 0 Å². The van der Waals surface area contributed by atoms with E-state index in [1.807, 2.05) is 72.8 Å². The van der Waals surface area contributed by atoms with E-state index < -0.39 is 34.8 Å². The maximum atomic E-state index is 11.6. The fourth-order valence-corrected chi connectivity index (χ4v) is 16.6. The van der Waals surface area contributed by atoms with Crippen LogP contribution in [0.15, 0.2) is 134 Å². The Bertz CT molecular complexity index is 1790. The third-order valence-electron chi connectivity index (χ3n) is 9.09. The van der Waals surface area contributed by atoms with Crippen molar-refractivity contribution < 1.29 is 25.9 Å². The van der Waals surface area contributed by atoms with Crippen LogP contribution in [0.2, 0.25) is 0 Å². The molecule has 0 bridgehead atoms. The lowest BCUT2D eigenvalue weighted by Crippen LogP contribution is -2.29. The lowest BCUT2D eigenvalue weighted by Gasteiger charge is -2.30. The number of hydrogen-bond acceptors (Lipinski definition) is 6. The van der Waals surface area contributed by atoms with Crippen LogP contribution in [0.3, 0.4) is 0 Å². The minimum Gasteiger partial charge on any atom is -0.286 e. The Hall–Kier alpha value is -3.36. The molecule has 1 heterocycles. The van der Waals surface area contributed by atoms with Crippen LogP contribution in [-0.2, 0) is 32.6 Å². The molecule has 0 fully saturated rings. The molecule has 0 radical (unpaired) electrons. The van der Waals surface area contributed by atoms with Gasteiger partial charge in [-0.05, 0) is 74.2 Å². The van der Waals surface area contributed by atoms with Gasteiger partial charge in [0.25, 0.3) is 20.2 Å². The molecule has 0 aliphatic carbocycles. The summed E-state index contributed by atoms with van der Waals surface area (Å²) in [4.78, 5) is 10.0. The Kier molecular flexibility index (Phi) is 13.1. The average molecular weight is 751 g/mol. The zero-order valence-corrected chi connectivity index (χ0v) is 31.3. The van der Waals surface area contributed by atoms with Gasteiger partial charge in [0, 0.05) is 12.4 Å². The SMILES string of the molecule is O=S(=O)(O)CCCC[P+](Cc1nccnc1C[P+](CCCCS(=O)(=O)O)(c1ccccc1)c1ccccc1)(c1ccccc1)c1ccccc1. The molecule has 0 unspecified atom stereocenters. The van der Waals surface area contributed by atoms with Crippen molar-refractivity contribution in [2.45, 2.75) is 38.0 Å². The molecule has 0 amide bonds. The van der Waals surface area contributed by atoms with E-state index in [1.165, 1.54) is 21.2 Å². The van der Waals surface area contributed by atoms with Gasteiger partial charge in [-0.2, -0.15) is 16.8 Å². The van der Waals surface area contributed by atoms with Gasteiger partial charge in [0.15, 0.2) is 0 Å². The van der Waals surface area contributed by atoms with E-state index in [1.54, 1.807) is 12.4 Å². The fourth-order valence-electron chi connectivity index (χ4n) is 6.69. The highest BCUT2D eigenvalue weighted by Crippen LogP contribution is 2.62. The second-order valence-corrected chi connectivity index (χ2v) is 23.1. The van der Waals surface area contributed by atoms with E-state index in [9.17, 15) is 25.9 Å². The maximum absolute atomic E-state index is 11.6. The Balaban J connectivity index is 1.62. The van der Waals surface area contributed by atoms with Gasteiger partial charge in [-0.15, -0.1) is 0 Å². The molecule has 4 aromatic carbocycles. The predicted molar refractivity (Wildman–Crippen MR) is 209 cm³/mol. The van der Waals surface area contributed by atoms with Crippen molar-refractivity contribution >= 4 is 56.0 Å². The van der Waals surface area contributed by atoms with E-state index in [0.29, 0.717) is 38.0 Å². The first kappa shape index (κ1) is 37.9. The van der Waals surface area contributed by atoms with Crippen LogP contribution >= 0.6 is 14.5 Å². The first-order valence-corrected chi connectivity index (χ1v) is 24.2. The Morgan fingerprint density at radius 3 is 0.980 bits per heavy atom. The summed E-state index contributed by atoms with van der Waals surface area (Å²) in [5.74, 6) is -0.572. The molecule has 0 saturated carbocycles. The molecule has 50 heavy (non-hydrogen) atoms. The highest BCUT2D eigenvalue weighted by Gasteiger charge is 2.47. The summed E-state index contributed by atoms with van der Waals surface area (Å²) in [5.41, 5.74) is 1.77. The fraction of sp³-hybridized carbons (Fsp3) is 0.263. The molecule has 0 aliphatic heterocycles. The van der Waals surface area contributed by atoms with Crippen LogP contribution < -0.4 is 21.2 Å². The Labute approximate surface area is 297 Å². The standard InChI is InChI=1S/C38H42N2O6P2S2/c41-49(42,43)29-15-13-27-47(33-17-5-1-6-18-33,34-19-7-2-8-20-34)31-37-38(40-26-25-39-37)32-48(35-21-9-3-10-22-35,36-23-11-4-12-24-36)28-14-16-30-50(44,45)46/h1-12,17-26H,13-16,27-32H2/p+2. The second-order valence-electron chi connectivity index (χ2n) is 12.5. The van der Waals surface area contributed by atoms with Crippen LogP contribution in [0.5, 0.6) is 0 Å². The van der Waals surface area contributed by atoms with Gasteiger partial charge >= 0.3 is 0 Å². The summed E-state index contributed by atoms with van der Waals surface area (Å²) in [6.45, 7) is 0. The van der Waals surface area contributed by atoms with E-state index in [-0.39, 0.29) is 11.5 Å². The number of aromatic nitrogens is 2. The van der Waals surface area contributed by atoms with Crippen molar-refractivity contribution in [1.29, 1.82) is 0 Å². The Morgan fingerprint density at radius 1 is 0.440 bits per heavy atom. The van der Waals surface area contributed by atoms with Crippen LogP contribution in [0.4, 0.5) is 0 Å². The molecular weight excluding hydrogens is 707 g/mol. The number of unbranched alkanes of at least 4 members (excludes halogenated alkanes) is 2. The molecule has 5 aromatic rings. The summed E-state index contributed by atoms with van der Waals surface area (Å²) < 4.78 is 65.6. The first-order chi connectivity index (χ1) is 24.0. The average Bonchev–Trinajstić information content (AvgIpc) is 3.12. The van der Waals surface area contributed by atoms with E-state index in [0.717, 1.165) is 23.7 Å². The number of rotatable bonds is 18. The molecule has 12 heteroatoms. The van der Waals surface area contributed by atoms with Gasteiger partial charge in [0.2, 0.25) is 0 Å². The van der Waals surface area contributed by atoms with Gasteiger partial charge in [-0.3, -0.25) is 19.1 Å².